The predicted molar refractivity (Wildman–Crippen MR) is 97.7 cm³/mol. The molecule has 0 aliphatic heterocycles. The third kappa shape index (κ3) is 4.63. The van der Waals surface area contributed by atoms with E-state index in [4.69, 9.17) is 4.74 Å². The third-order valence-electron chi connectivity index (χ3n) is 3.81. The highest BCUT2D eigenvalue weighted by atomic mass is 16.5. The first-order valence-electron chi connectivity index (χ1n) is 8.32. The molecule has 1 amide bonds. The van der Waals surface area contributed by atoms with Gasteiger partial charge in [0.2, 0.25) is 0 Å². The van der Waals surface area contributed by atoms with Gasteiger partial charge in [0.05, 0.1) is 17.0 Å². The SMILES string of the molecule is Cc1ncc(C(=O)NCc2cccc(OCc3ccccn3)c2)c(C)n1. The van der Waals surface area contributed by atoms with Crippen molar-refractivity contribution in [2.45, 2.75) is 27.0 Å². The Morgan fingerprint density at radius 2 is 2.00 bits per heavy atom. The number of aromatic nitrogens is 3. The Kier molecular flexibility index (Phi) is 5.53. The number of ether oxygens (including phenoxy) is 1. The molecule has 1 N–H and O–H groups in total. The standard InChI is InChI=1S/C20H20N4O2/c1-14-19(12-22-15(2)24-14)20(25)23-11-16-6-5-8-18(10-16)26-13-17-7-3-4-9-21-17/h3-10,12H,11,13H2,1-2H3,(H,23,25). The fourth-order valence-electron chi connectivity index (χ4n) is 2.47. The smallest absolute Gasteiger partial charge is 0.254 e. The second kappa shape index (κ2) is 8.20. The van der Waals surface area contributed by atoms with Gasteiger partial charge in [0.15, 0.2) is 0 Å². The van der Waals surface area contributed by atoms with E-state index in [1.807, 2.05) is 42.5 Å². The molecule has 0 spiro atoms. The van der Waals surface area contributed by atoms with Crippen LogP contribution in [0.3, 0.4) is 0 Å². The number of amides is 1. The van der Waals surface area contributed by atoms with Gasteiger partial charge < -0.3 is 10.1 Å². The second-order valence-corrected chi connectivity index (χ2v) is 5.86. The number of nitrogens with zero attached hydrogens (tertiary/aromatic N) is 3. The van der Waals surface area contributed by atoms with Gasteiger partial charge in [-0.05, 0) is 43.7 Å². The van der Waals surface area contributed by atoms with E-state index in [2.05, 4.69) is 20.3 Å². The van der Waals surface area contributed by atoms with Crippen molar-refractivity contribution in [3.8, 4) is 5.75 Å². The van der Waals surface area contributed by atoms with Crippen molar-refractivity contribution in [3.05, 3.63) is 83.2 Å². The first-order chi connectivity index (χ1) is 12.6. The van der Waals surface area contributed by atoms with E-state index in [0.29, 0.717) is 30.2 Å². The molecule has 132 valence electrons. The zero-order chi connectivity index (χ0) is 18.4. The summed E-state index contributed by atoms with van der Waals surface area (Å²) < 4.78 is 5.76. The minimum absolute atomic E-state index is 0.192. The van der Waals surface area contributed by atoms with Crippen LogP contribution in [0.15, 0.2) is 54.9 Å². The number of pyridine rings is 1. The monoisotopic (exact) mass is 348 g/mol. The van der Waals surface area contributed by atoms with Crippen molar-refractivity contribution in [1.29, 1.82) is 0 Å². The molecule has 0 saturated heterocycles. The second-order valence-electron chi connectivity index (χ2n) is 5.86. The summed E-state index contributed by atoms with van der Waals surface area (Å²) >= 11 is 0. The predicted octanol–water partition coefficient (Wildman–Crippen LogP) is 3.00. The van der Waals surface area contributed by atoms with Crippen LogP contribution in [0.2, 0.25) is 0 Å². The van der Waals surface area contributed by atoms with Crippen molar-refractivity contribution in [3.63, 3.8) is 0 Å². The van der Waals surface area contributed by atoms with Crippen molar-refractivity contribution >= 4 is 5.91 Å². The molecule has 6 nitrogen and oxygen atoms in total. The Bertz CT molecular complexity index is 897. The van der Waals surface area contributed by atoms with Crippen LogP contribution in [0.4, 0.5) is 0 Å². The number of hydrogen-bond acceptors (Lipinski definition) is 5. The molecule has 3 rings (SSSR count). The number of carbonyl (C=O) groups excluding carboxylic acids is 1. The van der Waals surface area contributed by atoms with Gasteiger partial charge in [-0.1, -0.05) is 18.2 Å². The lowest BCUT2D eigenvalue weighted by Gasteiger charge is -2.10. The molecule has 0 fully saturated rings. The Balaban J connectivity index is 1.59. The normalized spacial score (nSPS) is 10.4. The van der Waals surface area contributed by atoms with Crippen molar-refractivity contribution in [2.75, 3.05) is 0 Å². The van der Waals surface area contributed by atoms with Gasteiger partial charge >= 0.3 is 0 Å². The molecule has 2 aromatic heterocycles. The fourth-order valence-corrected chi connectivity index (χ4v) is 2.47. The van der Waals surface area contributed by atoms with Gasteiger partial charge in [-0.25, -0.2) is 9.97 Å². The van der Waals surface area contributed by atoms with E-state index >= 15 is 0 Å². The molecule has 0 saturated carbocycles. The summed E-state index contributed by atoms with van der Waals surface area (Å²) in [5.41, 5.74) is 2.96. The Morgan fingerprint density at radius 3 is 2.77 bits per heavy atom. The molecular weight excluding hydrogens is 328 g/mol. The van der Waals surface area contributed by atoms with E-state index in [1.165, 1.54) is 0 Å². The molecule has 0 radical (unpaired) electrons. The van der Waals surface area contributed by atoms with Gasteiger partial charge in [0.25, 0.3) is 5.91 Å². The summed E-state index contributed by atoms with van der Waals surface area (Å²) in [5.74, 6) is 1.19. The zero-order valence-electron chi connectivity index (χ0n) is 14.8. The minimum Gasteiger partial charge on any atom is -0.487 e. The highest BCUT2D eigenvalue weighted by Gasteiger charge is 2.10. The Morgan fingerprint density at radius 1 is 1.12 bits per heavy atom. The highest BCUT2D eigenvalue weighted by molar-refractivity contribution is 5.94. The molecule has 2 heterocycles. The number of hydrogen-bond donors (Lipinski definition) is 1. The maximum atomic E-state index is 12.3. The summed E-state index contributed by atoms with van der Waals surface area (Å²) in [5, 5.41) is 2.89. The van der Waals surface area contributed by atoms with E-state index < -0.39 is 0 Å². The Hall–Kier alpha value is -3.28. The van der Waals surface area contributed by atoms with Crippen LogP contribution in [0, 0.1) is 13.8 Å². The molecule has 3 aromatic rings. The fraction of sp³-hybridized carbons (Fsp3) is 0.200. The average Bonchev–Trinajstić information content (AvgIpc) is 2.66. The van der Waals surface area contributed by atoms with Gasteiger partial charge in [0, 0.05) is 18.9 Å². The molecule has 6 heteroatoms. The summed E-state index contributed by atoms with van der Waals surface area (Å²) in [6.45, 7) is 4.39. The Labute approximate surface area is 152 Å². The number of benzene rings is 1. The quantitative estimate of drug-likeness (QED) is 0.741. The number of nitrogens with one attached hydrogen (secondary N) is 1. The van der Waals surface area contributed by atoms with Crippen molar-refractivity contribution < 1.29 is 9.53 Å². The molecule has 26 heavy (non-hydrogen) atoms. The summed E-state index contributed by atoms with van der Waals surface area (Å²) in [4.78, 5) is 24.8. The van der Waals surface area contributed by atoms with E-state index in [-0.39, 0.29) is 5.91 Å². The topological polar surface area (TPSA) is 77.0 Å². The highest BCUT2D eigenvalue weighted by Crippen LogP contribution is 2.15. The van der Waals surface area contributed by atoms with Crippen LogP contribution < -0.4 is 10.1 Å². The van der Waals surface area contributed by atoms with Crippen LogP contribution in [-0.2, 0) is 13.2 Å². The molecule has 0 unspecified atom stereocenters. The molecule has 0 bridgehead atoms. The lowest BCUT2D eigenvalue weighted by Crippen LogP contribution is -2.24. The van der Waals surface area contributed by atoms with E-state index in [1.54, 1.807) is 26.2 Å². The minimum atomic E-state index is -0.192. The number of carbonyl (C=O) groups is 1. The van der Waals surface area contributed by atoms with Crippen LogP contribution in [0.25, 0.3) is 0 Å². The van der Waals surface area contributed by atoms with E-state index in [9.17, 15) is 4.79 Å². The maximum Gasteiger partial charge on any atom is 0.254 e. The van der Waals surface area contributed by atoms with Gasteiger partial charge in [-0.2, -0.15) is 0 Å². The van der Waals surface area contributed by atoms with Gasteiger partial charge in [0.1, 0.15) is 18.2 Å². The average molecular weight is 348 g/mol. The molecule has 0 aliphatic carbocycles. The van der Waals surface area contributed by atoms with Gasteiger partial charge in [-0.15, -0.1) is 0 Å². The van der Waals surface area contributed by atoms with Crippen molar-refractivity contribution in [1.82, 2.24) is 20.3 Å². The maximum absolute atomic E-state index is 12.3. The first kappa shape index (κ1) is 17.5. The zero-order valence-corrected chi connectivity index (χ0v) is 14.8. The van der Waals surface area contributed by atoms with Crippen LogP contribution in [0.1, 0.15) is 33.1 Å². The van der Waals surface area contributed by atoms with E-state index in [0.717, 1.165) is 17.0 Å². The molecule has 1 aromatic carbocycles. The van der Waals surface area contributed by atoms with Crippen LogP contribution in [0.5, 0.6) is 5.75 Å². The molecule has 0 atom stereocenters. The summed E-state index contributed by atoms with van der Waals surface area (Å²) in [7, 11) is 0. The lowest BCUT2D eigenvalue weighted by molar-refractivity contribution is 0.0949. The number of rotatable bonds is 6. The third-order valence-corrected chi connectivity index (χ3v) is 3.81. The van der Waals surface area contributed by atoms with Crippen molar-refractivity contribution in [2.24, 2.45) is 0 Å². The lowest BCUT2D eigenvalue weighted by atomic mass is 10.2. The molecular formula is C20H20N4O2. The van der Waals surface area contributed by atoms with Gasteiger partial charge in [-0.3, -0.25) is 9.78 Å². The summed E-state index contributed by atoms with van der Waals surface area (Å²) in [6, 6.07) is 13.3. The van der Waals surface area contributed by atoms with Crippen LogP contribution in [-0.4, -0.2) is 20.9 Å². The number of aryl methyl sites for hydroxylation is 2. The largest absolute Gasteiger partial charge is 0.487 e. The molecule has 0 aliphatic rings. The summed E-state index contributed by atoms with van der Waals surface area (Å²) in [6.07, 6.45) is 3.29. The van der Waals surface area contributed by atoms with Crippen LogP contribution >= 0.6 is 0 Å². The first-order valence-corrected chi connectivity index (χ1v) is 8.32.